The van der Waals surface area contributed by atoms with Crippen LogP contribution in [0.15, 0.2) is 47.4 Å². The van der Waals surface area contributed by atoms with Crippen LogP contribution in [0.5, 0.6) is 5.75 Å². The zero-order valence-electron chi connectivity index (χ0n) is 15.9. The van der Waals surface area contributed by atoms with Crippen LogP contribution in [0, 0.1) is 5.41 Å². The van der Waals surface area contributed by atoms with Crippen molar-refractivity contribution in [3.05, 3.63) is 47.5 Å². The monoisotopic (exact) mass is 409 g/mol. The van der Waals surface area contributed by atoms with Gasteiger partial charge in [-0.05, 0) is 31.0 Å². The van der Waals surface area contributed by atoms with Gasteiger partial charge in [0, 0.05) is 29.5 Å². The Morgan fingerprint density at radius 2 is 1.85 bits per heavy atom. The normalized spacial score (nSPS) is 22.8. The van der Waals surface area contributed by atoms with Gasteiger partial charge in [0.25, 0.3) is 0 Å². The van der Waals surface area contributed by atoms with Crippen LogP contribution < -0.4 is 4.90 Å². The average molecular weight is 410 g/mol. The fourth-order valence-electron chi connectivity index (χ4n) is 3.91. The Hall–Kier alpha value is -1.40. The molecule has 1 heterocycles. The number of benzene rings is 2. The van der Waals surface area contributed by atoms with Gasteiger partial charge in [0.15, 0.2) is 0 Å². The maximum Gasteiger partial charge on any atom is 0.136 e. The zero-order chi connectivity index (χ0) is 19.7. The number of aromatic hydroxyl groups is 1. The molecule has 0 aliphatic carbocycles. The number of phenolic OH excluding ortho intramolecular Hbond substituents is 1. The lowest BCUT2D eigenvalue weighted by Crippen LogP contribution is -2.37. The highest BCUT2D eigenvalue weighted by Crippen LogP contribution is 2.61. The number of hydrogen-bond donors (Lipinski definition) is 3. The number of unbranched alkanes of at least 4 members (excludes halogenated alkanes) is 1. The molecule has 0 aromatic heterocycles. The van der Waals surface area contributed by atoms with Crippen molar-refractivity contribution in [2.45, 2.75) is 44.4 Å². The molecule has 0 spiro atoms. The number of fused-ring (bicyclic) bond motifs is 1. The van der Waals surface area contributed by atoms with E-state index in [2.05, 4.69) is 18.7 Å². The average Bonchev–Trinajstić information content (AvgIpc) is 2.75. The second-order valence-electron chi connectivity index (χ2n) is 7.46. The van der Waals surface area contributed by atoms with Crippen molar-refractivity contribution >= 4 is 33.6 Å². The van der Waals surface area contributed by atoms with E-state index in [1.807, 2.05) is 30.3 Å². The van der Waals surface area contributed by atoms with Gasteiger partial charge in [0.05, 0.1) is 15.6 Å². The molecule has 0 amide bonds. The molecule has 3 N–H and O–H groups in total. The van der Waals surface area contributed by atoms with Gasteiger partial charge in [0.1, 0.15) is 5.75 Å². The topological polar surface area (TPSA) is 63.9 Å². The number of hydrogen-bond acceptors (Lipinski definition) is 4. The van der Waals surface area contributed by atoms with Crippen molar-refractivity contribution in [2.24, 2.45) is 5.41 Å². The summed E-state index contributed by atoms with van der Waals surface area (Å²) in [5, 5.41) is 10.3. The maximum absolute atomic E-state index is 11.1. The van der Waals surface area contributed by atoms with Gasteiger partial charge in [-0.25, -0.2) is 0 Å². The lowest BCUT2D eigenvalue weighted by atomic mass is 9.81. The molecular formula is C21H28ClNO3S. The molecule has 1 aliphatic rings. The Balaban J connectivity index is 2.21. The van der Waals surface area contributed by atoms with Crippen LogP contribution in [0.2, 0.25) is 5.02 Å². The van der Waals surface area contributed by atoms with Gasteiger partial charge in [-0.2, -0.15) is 10.6 Å². The first-order chi connectivity index (χ1) is 12.8. The van der Waals surface area contributed by atoms with E-state index in [0.717, 1.165) is 31.4 Å². The van der Waals surface area contributed by atoms with E-state index >= 15 is 0 Å². The molecule has 0 saturated carbocycles. The van der Waals surface area contributed by atoms with Crippen LogP contribution in [0.4, 0.5) is 11.4 Å². The minimum absolute atomic E-state index is 0.124. The highest BCUT2D eigenvalue weighted by Gasteiger charge is 2.41. The van der Waals surface area contributed by atoms with E-state index in [-0.39, 0.29) is 16.2 Å². The van der Waals surface area contributed by atoms with Crippen molar-refractivity contribution in [3.63, 3.8) is 0 Å². The smallest absolute Gasteiger partial charge is 0.136 e. The van der Waals surface area contributed by atoms with Crippen molar-refractivity contribution in [2.75, 3.05) is 17.2 Å². The highest BCUT2D eigenvalue weighted by atomic mass is 35.5. The summed E-state index contributed by atoms with van der Waals surface area (Å²) in [5.41, 5.74) is 1.41. The Kier molecular flexibility index (Phi) is 5.96. The second kappa shape index (κ2) is 7.92. The molecule has 1 unspecified atom stereocenters. The first kappa shape index (κ1) is 20.3. The molecule has 2 aromatic carbocycles. The third-order valence-corrected chi connectivity index (χ3v) is 7.90. The Morgan fingerprint density at radius 3 is 2.48 bits per heavy atom. The molecule has 148 valence electrons. The molecule has 4 nitrogen and oxygen atoms in total. The van der Waals surface area contributed by atoms with Crippen LogP contribution in [-0.4, -0.2) is 26.5 Å². The van der Waals surface area contributed by atoms with Crippen molar-refractivity contribution < 1.29 is 14.2 Å². The fourth-order valence-corrected chi connectivity index (χ4v) is 6.32. The van der Waals surface area contributed by atoms with Crippen LogP contribution in [-0.2, 0) is 0 Å². The summed E-state index contributed by atoms with van der Waals surface area (Å²) < 4.78 is 22.2. The Bertz CT molecular complexity index is 800. The van der Waals surface area contributed by atoms with E-state index in [1.165, 1.54) is 6.07 Å². The molecular weight excluding hydrogens is 382 g/mol. The number of nitrogens with zero attached hydrogens (tertiary/aromatic N) is 1. The first-order valence-corrected chi connectivity index (χ1v) is 11.5. The van der Waals surface area contributed by atoms with Crippen LogP contribution >= 0.6 is 22.2 Å². The predicted molar refractivity (Wildman–Crippen MR) is 115 cm³/mol. The minimum atomic E-state index is -3.07. The summed E-state index contributed by atoms with van der Waals surface area (Å²) in [6.07, 6.45) is 3.87. The van der Waals surface area contributed by atoms with E-state index in [4.69, 9.17) is 11.6 Å². The number of halogens is 1. The molecule has 1 atom stereocenters. The third-order valence-electron chi connectivity index (χ3n) is 5.55. The number of anilines is 2. The lowest BCUT2D eigenvalue weighted by molar-refractivity contribution is 0.283. The molecule has 0 bridgehead atoms. The summed E-state index contributed by atoms with van der Waals surface area (Å²) in [5.74, 6) is 0.175. The van der Waals surface area contributed by atoms with E-state index in [9.17, 15) is 14.2 Å². The largest absolute Gasteiger partial charge is 0.506 e. The quantitative estimate of drug-likeness (QED) is 0.502. The van der Waals surface area contributed by atoms with Gasteiger partial charge in [-0.3, -0.25) is 9.11 Å². The third kappa shape index (κ3) is 4.06. The SMILES string of the molecule is CCCCC1(CC)CN(c2ccccc2)c2cc(Cl)c(O)cc2S(O)(O)C1. The summed E-state index contributed by atoms with van der Waals surface area (Å²) in [6.45, 7) is 4.95. The summed E-state index contributed by atoms with van der Waals surface area (Å²) in [6, 6.07) is 13.0. The van der Waals surface area contributed by atoms with E-state index in [0.29, 0.717) is 22.9 Å². The fraction of sp³-hybridized carbons (Fsp3) is 0.429. The Morgan fingerprint density at radius 1 is 1.15 bits per heavy atom. The lowest BCUT2D eigenvalue weighted by Gasteiger charge is -2.41. The molecule has 27 heavy (non-hydrogen) atoms. The molecule has 2 aromatic rings. The van der Waals surface area contributed by atoms with Crippen molar-refractivity contribution in [3.8, 4) is 5.75 Å². The van der Waals surface area contributed by atoms with Crippen LogP contribution in [0.3, 0.4) is 0 Å². The number of para-hydroxylation sites is 1. The number of rotatable bonds is 5. The van der Waals surface area contributed by atoms with Gasteiger partial charge in [-0.1, -0.05) is 56.5 Å². The molecule has 1 aliphatic heterocycles. The van der Waals surface area contributed by atoms with E-state index in [1.54, 1.807) is 6.07 Å². The van der Waals surface area contributed by atoms with Gasteiger partial charge < -0.3 is 10.0 Å². The maximum atomic E-state index is 11.1. The van der Waals surface area contributed by atoms with E-state index < -0.39 is 10.6 Å². The van der Waals surface area contributed by atoms with Crippen LogP contribution in [0.1, 0.15) is 39.5 Å². The molecule has 6 heteroatoms. The second-order valence-corrected chi connectivity index (χ2v) is 9.93. The molecule has 0 fully saturated rings. The first-order valence-electron chi connectivity index (χ1n) is 9.43. The van der Waals surface area contributed by atoms with Crippen LogP contribution in [0.25, 0.3) is 0 Å². The molecule has 3 rings (SSSR count). The summed E-state index contributed by atoms with van der Waals surface area (Å²) >= 11 is 6.20. The van der Waals surface area contributed by atoms with Gasteiger partial charge in [-0.15, -0.1) is 0 Å². The summed E-state index contributed by atoms with van der Waals surface area (Å²) in [4.78, 5) is 2.50. The molecule has 0 radical (unpaired) electrons. The van der Waals surface area contributed by atoms with Gasteiger partial charge >= 0.3 is 0 Å². The molecule has 0 saturated heterocycles. The predicted octanol–water partition coefficient (Wildman–Crippen LogP) is 6.89. The highest BCUT2D eigenvalue weighted by molar-refractivity contribution is 8.24. The number of phenols is 1. The van der Waals surface area contributed by atoms with Gasteiger partial charge in [0.2, 0.25) is 0 Å². The standard InChI is InChI=1S/C21H28ClNO3S/c1-3-5-11-21(4-2)14-23(16-9-7-6-8-10-16)18-12-17(22)19(24)13-20(18)27(25,26)15-21/h6-10,12-13,24-26H,3-5,11,14-15H2,1-2H3. The Labute approximate surface area is 168 Å². The van der Waals surface area contributed by atoms with Crippen molar-refractivity contribution in [1.29, 1.82) is 0 Å². The minimum Gasteiger partial charge on any atom is -0.506 e. The van der Waals surface area contributed by atoms with Crippen molar-refractivity contribution in [1.82, 2.24) is 0 Å². The summed E-state index contributed by atoms with van der Waals surface area (Å²) in [7, 11) is -3.07. The zero-order valence-corrected chi connectivity index (χ0v) is 17.4.